The topological polar surface area (TPSA) is 98.5 Å². The van der Waals surface area contributed by atoms with Crippen LogP contribution in [0.3, 0.4) is 0 Å². The number of nitrogens with zero attached hydrogens (tertiary/aromatic N) is 1. The van der Waals surface area contributed by atoms with Gasteiger partial charge in [-0.05, 0) is 55.3 Å². The number of halogens is 1. The van der Waals surface area contributed by atoms with Crippen LogP contribution in [-0.4, -0.2) is 28.1 Å². The molecule has 166 valence electrons. The number of anilines is 1. The van der Waals surface area contributed by atoms with E-state index in [0.29, 0.717) is 22.3 Å². The van der Waals surface area contributed by atoms with E-state index in [-0.39, 0.29) is 11.3 Å². The molecule has 0 aromatic heterocycles. The third kappa shape index (κ3) is 3.01. The zero-order valence-electron chi connectivity index (χ0n) is 18.1. The molecule has 1 N–H and O–H groups in total. The molecule has 33 heavy (non-hydrogen) atoms. The van der Waals surface area contributed by atoms with Gasteiger partial charge in [0.15, 0.2) is 0 Å². The highest BCUT2D eigenvalue weighted by atomic mass is 19.1. The van der Waals surface area contributed by atoms with E-state index < -0.39 is 39.6 Å². The summed E-state index contributed by atoms with van der Waals surface area (Å²) in [6.07, 6.45) is 0. The normalized spacial score (nSPS) is 18.7. The summed E-state index contributed by atoms with van der Waals surface area (Å²) in [5.41, 5.74) is 0.580. The van der Waals surface area contributed by atoms with E-state index in [2.05, 4.69) is 5.32 Å². The summed E-state index contributed by atoms with van der Waals surface area (Å²) < 4.78 is 20.0. The molecule has 1 atom stereocenters. The number of Topliss-reactive ketones (excluding diaryl/α,β-unsaturated/α-hetero) is 2. The summed E-state index contributed by atoms with van der Waals surface area (Å²) in [5.74, 6) is -1.96. The van der Waals surface area contributed by atoms with Gasteiger partial charge in [0, 0.05) is 22.9 Å². The van der Waals surface area contributed by atoms with Gasteiger partial charge in [0.2, 0.25) is 17.4 Å². The van der Waals surface area contributed by atoms with Crippen molar-refractivity contribution in [2.24, 2.45) is 0 Å². The van der Waals surface area contributed by atoms with Crippen LogP contribution in [-0.2, 0) is 9.53 Å². The van der Waals surface area contributed by atoms with Crippen molar-refractivity contribution >= 4 is 39.5 Å². The summed E-state index contributed by atoms with van der Waals surface area (Å²) in [6, 6.07) is 11.9. The van der Waals surface area contributed by atoms with E-state index >= 15 is 0 Å². The average Bonchev–Trinajstić information content (AvgIpc) is 3.03. The number of ketones is 2. The average molecular weight is 446 g/mol. The first-order valence-electron chi connectivity index (χ1n) is 10.4. The van der Waals surface area contributed by atoms with Crippen molar-refractivity contribution in [1.82, 2.24) is 0 Å². The Hall–Kier alpha value is -4.07. The quantitative estimate of drug-likeness (QED) is 0.347. The van der Waals surface area contributed by atoms with Crippen LogP contribution in [0.25, 0.3) is 16.5 Å². The smallest absolute Gasteiger partial charge is 0.306 e. The second-order valence-electron chi connectivity index (χ2n) is 8.77. The molecule has 0 amide bonds. The Bertz CT molecular complexity index is 1440. The van der Waals surface area contributed by atoms with Crippen molar-refractivity contribution in [3.8, 4) is 0 Å². The van der Waals surface area contributed by atoms with Crippen LogP contribution in [0.5, 0.6) is 0 Å². The Labute approximate surface area is 188 Å². The number of carbonyl (C=O) groups excluding carboxylic acids is 2. The molecular formula is C25H19FN2O5. The van der Waals surface area contributed by atoms with Crippen LogP contribution < -0.4 is 5.32 Å². The van der Waals surface area contributed by atoms with E-state index in [1.54, 1.807) is 19.9 Å². The summed E-state index contributed by atoms with van der Waals surface area (Å²) in [6.45, 7) is 5.44. The number of aryl methyl sites for hydroxylation is 1. The summed E-state index contributed by atoms with van der Waals surface area (Å²) in [5, 5.41) is 15.8. The van der Waals surface area contributed by atoms with Crippen molar-refractivity contribution < 1.29 is 23.6 Å². The minimum Gasteiger partial charge on any atom is -0.484 e. The zero-order valence-corrected chi connectivity index (χ0v) is 18.1. The van der Waals surface area contributed by atoms with Gasteiger partial charge in [-0.1, -0.05) is 24.3 Å². The van der Waals surface area contributed by atoms with Crippen molar-refractivity contribution in [3.63, 3.8) is 0 Å². The number of ether oxygens (including phenoxy) is 1. The fourth-order valence-electron chi connectivity index (χ4n) is 4.63. The minimum atomic E-state index is -0.965. The standard InChI is InChI=1S/C25H19FN2O5/c1-12-5-4-6-15-14(12)8-9-16-19(15)21(29)22(30)20-23(16)33-25(2,3)24(20)27-13-7-10-17(26)18(11-13)28(31)32/h4-11,24,27H,1-3H3. The summed E-state index contributed by atoms with van der Waals surface area (Å²) in [7, 11) is 0. The molecule has 5 rings (SSSR count). The van der Waals surface area contributed by atoms with Crippen LogP contribution in [0, 0.1) is 22.9 Å². The fraction of sp³-hybridized carbons (Fsp3) is 0.200. The van der Waals surface area contributed by atoms with Gasteiger partial charge >= 0.3 is 5.69 Å². The molecule has 0 fully saturated rings. The maximum atomic E-state index is 13.8. The van der Waals surface area contributed by atoms with Gasteiger partial charge in [0.25, 0.3) is 0 Å². The number of nitro benzene ring substituents is 1. The lowest BCUT2D eigenvalue weighted by molar-refractivity contribution is -0.387. The summed E-state index contributed by atoms with van der Waals surface area (Å²) in [4.78, 5) is 36.9. The predicted molar refractivity (Wildman–Crippen MR) is 121 cm³/mol. The molecule has 0 bridgehead atoms. The monoisotopic (exact) mass is 446 g/mol. The van der Waals surface area contributed by atoms with Gasteiger partial charge in [0.05, 0.1) is 16.5 Å². The molecule has 1 aliphatic carbocycles. The second kappa shape index (κ2) is 6.96. The van der Waals surface area contributed by atoms with Crippen molar-refractivity contribution in [1.29, 1.82) is 0 Å². The second-order valence-corrected chi connectivity index (χ2v) is 8.77. The van der Waals surface area contributed by atoms with Gasteiger partial charge in [-0.15, -0.1) is 0 Å². The minimum absolute atomic E-state index is 0.163. The lowest BCUT2D eigenvalue weighted by Gasteiger charge is -2.29. The van der Waals surface area contributed by atoms with Gasteiger partial charge in [0.1, 0.15) is 11.4 Å². The highest BCUT2D eigenvalue weighted by molar-refractivity contribution is 6.54. The molecule has 0 radical (unpaired) electrons. The van der Waals surface area contributed by atoms with E-state index in [1.807, 2.05) is 31.2 Å². The predicted octanol–water partition coefficient (Wildman–Crippen LogP) is 4.96. The fourth-order valence-corrected chi connectivity index (χ4v) is 4.63. The number of benzene rings is 3. The maximum absolute atomic E-state index is 13.8. The van der Waals surface area contributed by atoms with Crippen molar-refractivity contribution in [3.05, 3.63) is 86.7 Å². The van der Waals surface area contributed by atoms with Gasteiger partial charge in [-0.2, -0.15) is 4.39 Å². The molecule has 3 aromatic rings. The Morgan fingerprint density at radius 3 is 2.55 bits per heavy atom. The highest BCUT2D eigenvalue weighted by Gasteiger charge is 2.51. The molecule has 2 aliphatic rings. The SMILES string of the molecule is Cc1cccc2c3c(ccc12)C1=C(C(=O)C3=O)C(Nc2ccc(F)c([N+](=O)[O-])c2)C(C)(C)O1. The van der Waals surface area contributed by atoms with Crippen LogP contribution >= 0.6 is 0 Å². The van der Waals surface area contributed by atoms with Gasteiger partial charge < -0.3 is 10.1 Å². The molecule has 8 heteroatoms. The van der Waals surface area contributed by atoms with Crippen LogP contribution in [0.4, 0.5) is 15.8 Å². The van der Waals surface area contributed by atoms with E-state index in [1.165, 1.54) is 6.07 Å². The number of carbonyl (C=O) groups is 2. The molecule has 3 aromatic carbocycles. The Morgan fingerprint density at radius 1 is 1.06 bits per heavy atom. The largest absolute Gasteiger partial charge is 0.484 e. The van der Waals surface area contributed by atoms with Crippen LogP contribution in [0.1, 0.15) is 35.3 Å². The van der Waals surface area contributed by atoms with Gasteiger partial charge in [-0.3, -0.25) is 19.7 Å². The van der Waals surface area contributed by atoms with Gasteiger partial charge in [-0.25, -0.2) is 0 Å². The Balaban J connectivity index is 1.67. The third-order valence-corrected chi connectivity index (χ3v) is 6.25. The van der Waals surface area contributed by atoms with Crippen LogP contribution in [0.15, 0.2) is 54.1 Å². The van der Waals surface area contributed by atoms with E-state index in [4.69, 9.17) is 4.74 Å². The lowest BCUT2D eigenvalue weighted by atomic mass is 9.81. The molecule has 1 unspecified atom stereocenters. The molecule has 0 saturated carbocycles. The lowest BCUT2D eigenvalue weighted by Crippen LogP contribution is -2.43. The molecular weight excluding hydrogens is 427 g/mol. The summed E-state index contributed by atoms with van der Waals surface area (Å²) >= 11 is 0. The number of nitro groups is 1. The molecule has 0 saturated heterocycles. The highest BCUT2D eigenvalue weighted by Crippen LogP contribution is 2.46. The number of hydrogen-bond acceptors (Lipinski definition) is 6. The molecule has 1 aliphatic heterocycles. The zero-order chi connectivity index (χ0) is 23.7. The number of nitrogens with one attached hydrogen (secondary N) is 1. The Kier molecular flexibility index (Phi) is 4.39. The first-order valence-corrected chi connectivity index (χ1v) is 10.4. The number of fused-ring (bicyclic) bond motifs is 4. The van der Waals surface area contributed by atoms with Crippen LogP contribution in [0.2, 0.25) is 0 Å². The first kappa shape index (κ1) is 20.8. The molecule has 1 heterocycles. The number of rotatable bonds is 3. The van der Waals surface area contributed by atoms with Crippen molar-refractivity contribution in [2.75, 3.05) is 5.32 Å². The molecule has 7 nitrogen and oxygen atoms in total. The number of hydrogen-bond donors (Lipinski definition) is 1. The molecule has 0 spiro atoms. The Morgan fingerprint density at radius 2 is 1.82 bits per heavy atom. The van der Waals surface area contributed by atoms with E-state index in [0.717, 1.165) is 23.1 Å². The maximum Gasteiger partial charge on any atom is 0.306 e. The third-order valence-electron chi connectivity index (χ3n) is 6.25. The van der Waals surface area contributed by atoms with E-state index in [9.17, 15) is 24.1 Å². The van der Waals surface area contributed by atoms with Crippen molar-refractivity contribution in [2.45, 2.75) is 32.4 Å². The first-order chi connectivity index (χ1) is 15.6.